The minimum absolute atomic E-state index is 0.171. The second kappa shape index (κ2) is 4.35. The van der Waals surface area contributed by atoms with Crippen LogP contribution in [0.2, 0.25) is 0 Å². The summed E-state index contributed by atoms with van der Waals surface area (Å²) in [7, 11) is 0. The van der Waals surface area contributed by atoms with E-state index in [9.17, 15) is 19.3 Å². The average molecular weight is 277 g/mol. The van der Waals surface area contributed by atoms with Gasteiger partial charge in [-0.05, 0) is 11.6 Å². The molecular weight excluding hydrogens is 271 g/mol. The fourth-order valence-electron chi connectivity index (χ4n) is 1.04. The highest BCUT2D eigenvalue weighted by molar-refractivity contribution is 9.10. The van der Waals surface area contributed by atoms with E-state index in [-0.39, 0.29) is 16.5 Å². The van der Waals surface area contributed by atoms with E-state index in [4.69, 9.17) is 5.73 Å². The molecule has 2 N–H and O–H groups in total. The summed E-state index contributed by atoms with van der Waals surface area (Å²) in [4.78, 5) is 20.1. The van der Waals surface area contributed by atoms with Gasteiger partial charge in [0.25, 0.3) is 0 Å². The number of amides is 1. The van der Waals surface area contributed by atoms with Crippen LogP contribution in [0.3, 0.4) is 0 Å². The number of carbonyl (C=O) groups is 1. The first-order valence-corrected chi connectivity index (χ1v) is 4.61. The second-order valence-corrected chi connectivity index (χ2v) is 3.65. The lowest BCUT2D eigenvalue weighted by Gasteiger charge is -2.02. The van der Waals surface area contributed by atoms with Gasteiger partial charge in [0.2, 0.25) is 11.7 Å². The van der Waals surface area contributed by atoms with E-state index >= 15 is 0 Å². The van der Waals surface area contributed by atoms with Gasteiger partial charge in [0, 0.05) is 10.5 Å². The molecule has 1 aromatic rings. The van der Waals surface area contributed by atoms with Crippen LogP contribution in [0, 0.1) is 15.9 Å². The van der Waals surface area contributed by atoms with Gasteiger partial charge in [-0.15, -0.1) is 0 Å². The molecule has 1 amide bonds. The van der Waals surface area contributed by atoms with Crippen molar-refractivity contribution < 1.29 is 14.1 Å². The van der Waals surface area contributed by atoms with Crippen molar-refractivity contribution in [3.05, 3.63) is 38.1 Å². The molecule has 0 saturated heterocycles. The predicted octanol–water partition coefficient (Wildman–Crippen LogP) is 1.52. The molecule has 0 heterocycles. The SMILES string of the molecule is NC(=O)Cc1cc(F)c([N+](=O)[O-])cc1Br. The number of nitrogens with two attached hydrogens (primary N) is 1. The molecule has 0 saturated carbocycles. The summed E-state index contributed by atoms with van der Waals surface area (Å²) in [6.45, 7) is 0. The zero-order chi connectivity index (χ0) is 11.6. The Bertz CT molecular complexity index is 436. The number of nitrogens with zero attached hydrogens (tertiary/aromatic N) is 1. The van der Waals surface area contributed by atoms with E-state index in [1.165, 1.54) is 0 Å². The largest absolute Gasteiger partial charge is 0.369 e. The highest BCUT2D eigenvalue weighted by atomic mass is 79.9. The van der Waals surface area contributed by atoms with Crippen LogP contribution in [0.25, 0.3) is 0 Å². The first kappa shape index (κ1) is 11.6. The summed E-state index contributed by atoms with van der Waals surface area (Å²) in [6.07, 6.45) is -0.171. The summed E-state index contributed by atoms with van der Waals surface area (Å²) in [6, 6.07) is 1.93. The lowest BCUT2D eigenvalue weighted by molar-refractivity contribution is -0.387. The Morgan fingerprint density at radius 2 is 2.20 bits per heavy atom. The Labute approximate surface area is 92.3 Å². The Balaban J connectivity index is 3.19. The Hall–Kier alpha value is -1.50. The summed E-state index contributed by atoms with van der Waals surface area (Å²) >= 11 is 3.00. The van der Waals surface area contributed by atoms with Crippen molar-refractivity contribution in [1.82, 2.24) is 0 Å². The minimum Gasteiger partial charge on any atom is -0.369 e. The molecule has 5 nitrogen and oxygen atoms in total. The number of halogens is 2. The highest BCUT2D eigenvalue weighted by Gasteiger charge is 2.17. The van der Waals surface area contributed by atoms with Crippen molar-refractivity contribution in [2.75, 3.05) is 0 Å². The fraction of sp³-hybridized carbons (Fsp3) is 0.125. The normalized spacial score (nSPS) is 10.0. The van der Waals surface area contributed by atoms with Crippen molar-refractivity contribution in [3.8, 4) is 0 Å². The number of hydrogen-bond acceptors (Lipinski definition) is 3. The minimum atomic E-state index is -0.987. The summed E-state index contributed by atoms with van der Waals surface area (Å²) in [5.41, 5.74) is 4.56. The molecule has 7 heteroatoms. The number of hydrogen-bond donors (Lipinski definition) is 1. The maximum atomic E-state index is 13.1. The molecule has 0 aromatic heterocycles. The van der Waals surface area contributed by atoms with Gasteiger partial charge in [-0.3, -0.25) is 14.9 Å². The van der Waals surface area contributed by atoms with Crippen LogP contribution >= 0.6 is 15.9 Å². The molecule has 0 aliphatic carbocycles. The molecule has 0 radical (unpaired) electrons. The molecule has 15 heavy (non-hydrogen) atoms. The first-order valence-electron chi connectivity index (χ1n) is 3.82. The number of primary amides is 1. The molecule has 0 unspecified atom stereocenters. The van der Waals surface area contributed by atoms with E-state index in [1.807, 2.05) is 0 Å². The molecule has 0 aliphatic rings. The molecule has 0 bridgehead atoms. The van der Waals surface area contributed by atoms with Gasteiger partial charge in [-0.2, -0.15) is 4.39 Å². The number of carbonyl (C=O) groups excluding carboxylic acids is 1. The maximum Gasteiger partial charge on any atom is 0.305 e. The fourth-order valence-corrected chi connectivity index (χ4v) is 1.51. The Kier molecular flexibility index (Phi) is 3.35. The molecular formula is C8H6BrFN2O3. The monoisotopic (exact) mass is 276 g/mol. The van der Waals surface area contributed by atoms with Crippen LogP contribution in [-0.4, -0.2) is 10.8 Å². The van der Waals surface area contributed by atoms with Crippen LogP contribution in [0.15, 0.2) is 16.6 Å². The van der Waals surface area contributed by atoms with E-state index in [1.54, 1.807) is 0 Å². The molecule has 1 aromatic carbocycles. The zero-order valence-electron chi connectivity index (χ0n) is 7.37. The predicted molar refractivity (Wildman–Crippen MR) is 53.7 cm³/mol. The number of rotatable bonds is 3. The number of benzene rings is 1. The number of nitro groups is 1. The van der Waals surface area contributed by atoms with Gasteiger partial charge in [-0.25, -0.2) is 0 Å². The Morgan fingerprint density at radius 3 is 2.67 bits per heavy atom. The smallest absolute Gasteiger partial charge is 0.305 e. The molecule has 80 valence electrons. The van der Waals surface area contributed by atoms with Crippen LogP contribution < -0.4 is 5.73 Å². The quantitative estimate of drug-likeness (QED) is 0.671. The topological polar surface area (TPSA) is 86.2 Å². The first-order chi connectivity index (χ1) is 6.91. The molecule has 0 spiro atoms. The van der Waals surface area contributed by atoms with Crippen LogP contribution in [0.5, 0.6) is 0 Å². The standard InChI is InChI=1S/C8H6BrFN2O3/c9-5-3-7(12(14)15)6(10)1-4(5)2-8(11)13/h1,3H,2H2,(H2,11,13). The summed E-state index contributed by atoms with van der Waals surface area (Å²) < 4.78 is 13.4. The van der Waals surface area contributed by atoms with E-state index < -0.39 is 22.3 Å². The van der Waals surface area contributed by atoms with E-state index in [0.29, 0.717) is 0 Å². The van der Waals surface area contributed by atoms with Gasteiger partial charge in [-0.1, -0.05) is 15.9 Å². The third-order valence-corrected chi connectivity index (χ3v) is 2.42. The lowest BCUT2D eigenvalue weighted by Crippen LogP contribution is -2.14. The highest BCUT2D eigenvalue weighted by Crippen LogP contribution is 2.26. The maximum absolute atomic E-state index is 13.1. The molecule has 0 atom stereocenters. The molecule has 0 aliphatic heterocycles. The van der Waals surface area contributed by atoms with Gasteiger partial charge in [0.1, 0.15) is 0 Å². The Morgan fingerprint density at radius 1 is 1.60 bits per heavy atom. The second-order valence-electron chi connectivity index (χ2n) is 2.80. The zero-order valence-corrected chi connectivity index (χ0v) is 8.95. The van der Waals surface area contributed by atoms with Crippen molar-refractivity contribution in [2.45, 2.75) is 6.42 Å². The van der Waals surface area contributed by atoms with Gasteiger partial charge >= 0.3 is 5.69 Å². The van der Waals surface area contributed by atoms with Crippen molar-refractivity contribution >= 4 is 27.5 Å². The number of nitro benzene ring substituents is 1. The third-order valence-electron chi connectivity index (χ3n) is 1.68. The van der Waals surface area contributed by atoms with Crippen LogP contribution in [0.1, 0.15) is 5.56 Å². The van der Waals surface area contributed by atoms with Gasteiger partial charge in [0.05, 0.1) is 11.3 Å². The van der Waals surface area contributed by atoms with E-state index in [0.717, 1.165) is 12.1 Å². The van der Waals surface area contributed by atoms with Gasteiger partial charge in [0.15, 0.2) is 0 Å². The van der Waals surface area contributed by atoms with E-state index in [2.05, 4.69) is 15.9 Å². The lowest BCUT2D eigenvalue weighted by atomic mass is 10.1. The summed E-state index contributed by atoms with van der Waals surface area (Å²) in [5, 5.41) is 10.4. The van der Waals surface area contributed by atoms with Gasteiger partial charge < -0.3 is 5.73 Å². The molecule has 0 fully saturated rings. The van der Waals surface area contributed by atoms with Crippen LogP contribution in [0.4, 0.5) is 10.1 Å². The van der Waals surface area contributed by atoms with Crippen molar-refractivity contribution in [2.24, 2.45) is 5.73 Å². The van der Waals surface area contributed by atoms with Crippen molar-refractivity contribution in [1.29, 1.82) is 0 Å². The molecule has 1 rings (SSSR count). The summed E-state index contributed by atoms with van der Waals surface area (Å²) in [5.74, 6) is -1.62. The third kappa shape index (κ3) is 2.72. The van der Waals surface area contributed by atoms with Crippen molar-refractivity contribution in [3.63, 3.8) is 0 Å². The average Bonchev–Trinajstić information content (AvgIpc) is 2.09. The van der Waals surface area contributed by atoms with Crippen LogP contribution in [-0.2, 0) is 11.2 Å².